The van der Waals surface area contributed by atoms with Crippen molar-refractivity contribution >= 4 is 5.97 Å². The number of nitrogens with zero attached hydrogens (tertiary/aromatic N) is 1. The first-order valence-corrected chi connectivity index (χ1v) is 8.21. The molecule has 0 amide bonds. The SMILES string of the molecule is CCOC(=O)CC1(N2CCCCC2)Cc2ccccc2C1. The Bertz CT molecular complexity index is 481. The van der Waals surface area contributed by atoms with Crippen molar-refractivity contribution in [3.63, 3.8) is 0 Å². The maximum Gasteiger partial charge on any atom is 0.307 e. The predicted octanol–water partition coefficient (Wildman–Crippen LogP) is 2.96. The molecule has 0 bridgehead atoms. The molecule has 1 heterocycles. The molecule has 3 rings (SSSR count). The second kappa shape index (κ2) is 6.18. The van der Waals surface area contributed by atoms with Crippen LogP contribution >= 0.6 is 0 Å². The first-order chi connectivity index (χ1) is 10.2. The quantitative estimate of drug-likeness (QED) is 0.797. The third-order valence-electron chi connectivity index (χ3n) is 4.96. The number of carbonyl (C=O) groups is 1. The van der Waals surface area contributed by atoms with Crippen LogP contribution in [0.4, 0.5) is 0 Å². The smallest absolute Gasteiger partial charge is 0.307 e. The van der Waals surface area contributed by atoms with Crippen molar-refractivity contribution in [1.29, 1.82) is 0 Å². The molecular formula is C18H25NO2. The third-order valence-corrected chi connectivity index (χ3v) is 4.96. The van der Waals surface area contributed by atoms with Crippen LogP contribution in [0.1, 0.15) is 43.7 Å². The fourth-order valence-electron chi connectivity index (χ4n) is 3.98. The highest BCUT2D eigenvalue weighted by atomic mass is 16.5. The van der Waals surface area contributed by atoms with Gasteiger partial charge in [0.1, 0.15) is 0 Å². The average molecular weight is 287 g/mol. The normalized spacial score (nSPS) is 21.0. The van der Waals surface area contributed by atoms with Crippen molar-refractivity contribution in [3.8, 4) is 0 Å². The van der Waals surface area contributed by atoms with Crippen LogP contribution in [0, 0.1) is 0 Å². The number of hydrogen-bond donors (Lipinski definition) is 0. The summed E-state index contributed by atoms with van der Waals surface area (Å²) >= 11 is 0. The fourth-order valence-corrected chi connectivity index (χ4v) is 3.98. The van der Waals surface area contributed by atoms with E-state index in [0.717, 1.165) is 25.9 Å². The molecule has 3 nitrogen and oxygen atoms in total. The summed E-state index contributed by atoms with van der Waals surface area (Å²) in [7, 11) is 0. The molecule has 1 aliphatic heterocycles. The van der Waals surface area contributed by atoms with Gasteiger partial charge in [0, 0.05) is 5.54 Å². The maximum absolute atomic E-state index is 12.1. The number of carbonyl (C=O) groups excluding carboxylic acids is 1. The van der Waals surface area contributed by atoms with Gasteiger partial charge in [-0.1, -0.05) is 30.7 Å². The van der Waals surface area contributed by atoms with Crippen LogP contribution in [0.25, 0.3) is 0 Å². The molecule has 0 spiro atoms. The molecule has 2 aliphatic rings. The Hall–Kier alpha value is -1.35. The number of benzene rings is 1. The van der Waals surface area contributed by atoms with Gasteiger partial charge in [0.25, 0.3) is 0 Å². The standard InChI is InChI=1S/C18H25NO2/c1-2-21-17(20)14-18(19-10-6-3-7-11-19)12-15-8-4-5-9-16(15)13-18/h4-5,8-9H,2-3,6-7,10-14H2,1H3. The largest absolute Gasteiger partial charge is 0.466 e. The highest BCUT2D eigenvalue weighted by Gasteiger charge is 2.44. The van der Waals surface area contributed by atoms with E-state index in [0.29, 0.717) is 13.0 Å². The monoisotopic (exact) mass is 287 g/mol. The number of piperidine rings is 1. The molecule has 0 unspecified atom stereocenters. The van der Waals surface area contributed by atoms with E-state index in [4.69, 9.17) is 4.74 Å². The minimum Gasteiger partial charge on any atom is -0.466 e. The number of likely N-dealkylation sites (tertiary alicyclic amines) is 1. The lowest BCUT2D eigenvalue weighted by Crippen LogP contribution is -2.53. The van der Waals surface area contributed by atoms with Gasteiger partial charge < -0.3 is 4.74 Å². The van der Waals surface area contributed by atoms with Crippen LogP contribution in [0.3, 0.4) is 0 Å². The fraction of sp³-hybridized carbons (Fsp3) is 0.611. The van der Waals surface area contributed by atoms with Gasteiger partial charge in [0.15, 0.2) is 0 Å². The van der Waals surface area contributed by atoms with Gasteiger partial charge in [0.05, 0.1) is 13.0 Å². The minimum atomic E-state index is -0.0455. The van der Waals surface area contributed by atoms with E-state index in [1.165, 1.54) is 30.4 Å². The lowest BCUT2D eigenvalue weighted by Gasteiger charge is -2.43. The van der Waals surface area contributed by atoms with Crippen LogP contribution in [-0.4, -0.2) is 36.1 Å². The summed E-state index contributed by atoms with van der Waals surface area (Å²) in [6, 6.07) is 8.64. The van der Waals surface area contributed by atoms with E-state index >= 15 is 0 Å². The van der Waals surface area contributed by atoms with Crippen LogP contribution < -0.4 is 0 Å². The molecule has 0 aromatic heterocycles. The number of fused-ring (bicyclic) bond motifs is 1. The van der Waals surface area contributed by atoms with Crippen LogP contribution in [-0.2, 0) is 22.4 Å². The summed E-state index contributed by atoms with van der Waals surface area (Å²) in [6.07, 6.45) is 6.32. The van der Waals surface area contributed by atoms with E-state index in [1.807, 2.05) is 6.92 Å². The highest BCUT2D eigenvalue weighted by molar-refractivity contribution is 5.71. The summed E-state index contributed by atoms with van der Waals surface area (Å²) < 4.78 is 5.25. The first kappa shape index (κ1) is 14.6. The van der Waals surface area contributed by atoms with Gasteiger partial charge in [-0.15, -0.1) is 0 Å². The summed E-state index contributed by atoms with van der Waals surface area (Å²) in [5.41, 5.74) is 2.77. The van der Waals surface area contributed by atoms with E-state index < -0.39 is 0 Å². The molecule has 0 saturated carbocycles. The molecule has 0 radical (unpaired) electrons. The molecule has 1 aromatic rings. The molecule has 21 heavy (non-hydrogen) atoms. The Labute approximate surface area is 127 Å². The Balaban J connectivity index is 1.84. The van der Waals surface area contributed by atoms with Crippen molar-refractivity contribution in [3.05, 3.63) is 35.4 Å². The van der Waals surface area contributed by atoms with Crippen molar-refractivity contribution in [2.24, 2.45) is 0 Å². The highest BCUT2D eigenvalue weighted by Crippen LogP contribution is 2.38. The second-order valence-electron chi connectivity index (χ2n) is 6.38. The molecular weight excluding hydrogens is 262 g/mol. The summed E-state index contributed by atoms with van der Waals surface area (Å²) in [4.78, 5) is 14.7. The van der Waals surface area contributed by atoms with Crippen LogP contribution in [0.15, 0.2) is 24.3 Å². The Morgan fingerprint density at radius 1 is 1.14 bits per heavy atom. The van der Waals surface area contributed by atoms with Gasteiger partial charge in [0.2, 0.25) is 0 Å². The van der Waals surface area contributed by atoms with Crippen LogP contribution in [0.2, 0.25) is 0 Å². The molecule has 3 heteroatoms. The summed E-state index contributed by atoms with van der Waals surface area (Å²) in [6.45, 7) is 4.59. The molecule has 1 saturated heterocycles. The average Bonchev–Trinajstić information content (AvgIpc) is 2.87. The van der Waals surface area contributed by atoms with E-state index in [1.54, 1.807) is 0 Å². The lowest BCUT2D eigenvalue weighted by molar-refractivity contribution is -0.146. The number of hydrogen-bond acceptors (Lipinski definition) is 3. The van der Waals surface area contributed by atoms with Gasteiger partial charge in [-0.25, -0.2) is 0 Å². The van der Waals surface area contributed by atoms with Gasteiger partial charge >= 0.3 is 5.97 Å². The molecule has 114 valence electrons. The predicted molar refractivity (Wildman–Crippen MR) is 83.3 cm³/mol. The second-order valence-corrected chi connectivity index (χ2v) is 6.38. The van der Waals surface area contributed by atoms with E-state index in [9.17, 15) is 4.79 Å². The van der Waals surface area contributed by atoms with E-state index in [2.05, 4.69) is 29.2 Å². The lowest BCUT2D eigenvalue weighted by atomic mass is 9.87. The molecule has 1 aliphatic carbocycles. The molecule has 1 fully saturated rings. The zero-order valence-corrected chi connectivity index (χ0v) is 12.9. The van der Waals surface area contributed by atoms with Crippen molar-refractivity contribution in [2.45, 2.75) is 51.0 Å². The Kier molecular flexibility index (Phi) is 4.29. The molecule has 1 aromatic carbocycles. The van der Waals surface area contributed by atoms with Crippen molar-refractivity contribution < 1.29 is 9.53 Å². The van der Waals surface area contributed by atoms with Crippen molar-refractivity contribution in [1.82, 2.24) is 4.90 Å². The Morgan fingerprint density at radius 2 is 1.76 bits per heavy atom. The van der Waals surface area contributed by atoms with Crippen LogP contribution in [0.5, 0.6) is 0 Å². The molecule has 0 N–H and O–H groups in total. The summed E-state index contributed by atoms with van der Waals surface area (Å²) in [5.74, 6) is -0.0455. The summed E-state index contributed by atoms with van der Waals surface area (Å²) in [5, 5.41) is 0. The van der Waals surface area contributed by atoms with Gasteiger partial charge in [-0.3, -0.25) is 9.69 Å². The van der Waals surface area contributed by atoms with E-state index in [-0.39, 0.29) is 11.5 Å². The van der Waals surface area contributed by atoms with Gasteiger partial charge in [-0.2, -0.15) is 0 Å². The number of rotatable bonds is 4. The van der Waals surface area contributed by atoms with Gasteiger partial charge in [-0.05, 0) is 56.8 Å². The zero-order valence-electron chi connectivity index (χ0n) is 12.9. The molecule has 0 atom stereocenters. The first-order valence-electron chi connectivity index (χ1n) is 8.21. The topological polar surface area (TPSA) is 29.5 Å². The Morgan fingerprint density at radius 3 is 2.33 bits per heavy atom. The third kappa shape index (κ3) is 2.98. The number of esters is 1. The van der Waals surface area contributed by atoms with Crippen molar-refractivity contribution in [2.75, 3.05) is 19.7 Å². The number of ether oxygens (including phenoxy) is 1. The zero-order chi connectivity index (χ0) is 14.7. The maximum atomic E-state index is 12.1. The minimum absolute atomic E-state index is 0.0453.